The van der Waals surface area contributed by atoms with Crippen LogP contribution in [0.4, 0.5) is 0 Å². The average molecular weight is 289 g/mol. The highest BCUT2D eigenvalue weighted by molar-refractivity contribution is 7.89. The van der Waals surface area contributed by atoms with Gasteiger partial charge in [0.15, 0.2) is 0 Å². The van der Waals surface area contributed by atoms with Gasteiger partial charge in [-0.25, -0.2) is 8.42 Å². The fraction of sp³-hybridized carbons (Fsp3) is 0.545. The second-order valence-electron chi connectivity index (χ2n) is 4.47. The van der Waals surface area contributed by atoms with Crippen molar-refractivity contribution in [2.75, 3.05) is 13.2 Å². The number of hydrogen-bond acceptors (Lipinski definition) is 4. The first-order valence-corrected chi connectivity index (χ1v) is 7.24. The molecule has 0 spiro atoms. The van der Waals surface area contributed by atoms with Gasteiger partial charge in [0.25, 0.3) is 5.91 Å². The molecule has 19 heavy (non-hydrogen) atoms. The van der Waals surface area contributed by atoms with Crippen molar-refractivity contribution >= 4 is 15.9 Å². The van der Waals surface area contributed by atoms with E-state index in [0.29, 0.717) is 0 Å². The minimum absolute atomic E-state index is 0.000793. The van der Waals surface area contributed by atoms with E-state index in [4.69, 9.17) is 10.8 Å². The normalized spacial score (nSPS) is 12.3. The van der Waals surface area contributed by atoms with Crippen molar-refractivity contribution in [2.45, 2.75) is 24.8 Å². The van der Waals surface area contributed by atoms with Gasteiger partial charge >= 0.3 is 0 Å². The van der Waals surface area contributed by atoms with E-state index in [1.165, 1.54) is 21.1 Å². The Bertz CT molecular complexity index is 562. The molecule has 8 heteroatoms. The molecule has 1 aromatic rings. The number of aryl methyl sites for hydroxylation is 1. The summed E-state index contributed by atoms with van der Waals surface area (Å²) in [4.78, 5) is 11.1. The summed E-state index contributed by atoms with van der Waals surface area (Å²) in [5.41, 5.74) is 5.27. The van der Waals surface area contributed by atoms with Gasteiger partial charge in [-0.1, -0.05) is 0 Å². The minimum Gasteiger partial charge on any atom is -0.395 e. The fourth-order valence-corrected chi connectivity index (χ4v) is 3.51. The standard InChI is InChI=1S/C11H19N3O4S/c1-8(2)14(4-5-15)19(17,18)9-6-10(11(12)16)13(3)7-9/h6-8,15H,4-5H2,1-3H3,(H2,12,16). The Kier molecular flexibility index (Phi) is 4.72. The molecule has 1 heterocycles. The molecule has 1 aromatic heterocycles. The van der Waals surface area contributed by atoms with Crippen LogP contribution in [0.2, 0.25) is 0 Å². The molecule has 0 saturated heterocycles. The number of sulfonamides is 1. The van der Waals surface area contributed by atoms with Crippen molar-refractivity contribution in [1.82, 2.24) is 8.87 Å². The molecule has 0 atom stereocenters. The van der Waals surface area contributed by atoms with Crippen LogP contribution in [0.15, 0.2) is 17.2 Å². The quantitative estimate of drug-likeness (QED) is 0.737. The average Bonchev–Trinajstić information content (AvgIpc) is 2.68. The molecule has 7 nitrogen and oxygen atoms in total. The van der Waals surface area contributed by atoms with Gasteiger partial charge in [-0.2, -0.15) is 4.31 Å². The molecule has 0 radical (unpaired) electrons. The maximum Gasteiger partial charge on any atom is 0.265 e. The lowest BCUT2D eigenvalue weighted by Gasteiger charge is -2.24. The first-order valence-electron chi connectivity index (χ1n) is 5.80. The van der Waals surface area contributed by atoms with E-state index in [-0.39, 0.29) is 29.8 Å². The first-order chi connectivity index (χ1) is 8.71. The van der Waals surface area contributed by atoms with Gasteiger partial charge in [-0.3, -0.25) is 4.79 Å². The molecule has 0 aliphatic rings. The summed E-state index contributed by atoms with van der Waals surface area (Å²) in [5.74, 6) is -0.692. The number of nitrogens with zero attached hydrogens (tertiary/aromatic N) is 2. The van der Waals surface area contributed by atoms with Crippen LogP contribution in [-0.2, 0) is 17.1 Å². The smallest absolute Gasteiger partial charge is 0.265 e. The third kappa shape index (κ3) is 3.14. The maximum atomic E-state index is 12.4. The van der Waals surface area contributed by atoms with Crippen LogP contribution in [0.3, 0.4) is 0 Å². The number of rotatable bonds is 6. The van der Waals surface area contributed by atoms with Gasteiger partial charge in [0.05, 0.1) is 6.61 Å². The zero-order chi connectivity index (χ0) is 14.8. The fourth-order valence-electron chi connectivity index (χ4n) is 1.81. The van der Waals surface area contributed by atoms with Crippen LogP contribution in [-0.4, -0.2) is 47.5 Å². The highest BCUT2D eigenvalue weighted by atomic mass is 32.2. The third-order valence-corrected chi connectivity index (χ3v) is 4.78. The molecule has 0 aliphatic carbocycles. The molecule has 108 valence electrons. The molecule has 1 rings (SSSR count). The van der Waals surface area contributed by atoms with E-state index >= 15 is 0 Å². The zero-order valence-corrected chi connectivity index (χ0v) is 12.0. The number of hydrogen-bond donors (Lipinski definition) is 2. The number of primary amides is 1. The predicted octanol–water partition coefficient (Wildman–Crippen LogP) is -0.485. The van der Waals surface area contributed by atoms with Crippen molar-refractivity contribution in [3.8, 4) is 0 Å². The molecule has 0 aromatic carbocycles. The van der Waals surface area contributed by atoms with Crippen LogP contribution in [0.25, 0.3) is 0 Å². The Labute approximate surface area is 112 Å². The minimum atomic E-state index is -3.75. The van der Waals surface area contributed by atoms with Crippen LogP contribution >= 0.6 is 0 Å². The van der Waals surface area contributed by atoms with E-state index < -0.39 is 15.9 Å². The van der Waals surface area contributed by atoms with Gasteiger partial charge in [-0.15, -0.1) is 0 Å². The number of nitrogens with two attached hydrogens (primary N) is 1. The predicted molar refractivity (Wildman–Crippen MR) is 70.0 cm³/mol. The summed E-state index contributed by atoms with van der Waals surface area (Å²) < 4.78 is 27.3. The first kappa shape index (κ1) is 15.7. The molecule has 3 N–H and O–H groups in total. The molecule has 0 aliphatic heterocycles. The molecular weight excluding hydrogens is 270 g/mol. The van der Waals surface area contributed by atoms with Crippen molar-refractivity contribution in [1.29, 1.82) is 0 Å². The summed E-state index contributed by atoms with van der Waals surface area (Å²) >= 11 is 0. The lowest BCUT2D eigenvalue weighted by atomic mass is 10.4. The molecule has 0 saturated carbocycles. The van der Waals surface area contributed by atoms with Crippen molar-refractivity contribution in [2.24, 2.45) is 12.8 Å². The highest BCUT2D eigenvalue weighted by Crippen LogP contribution is 2.20. The molecular formula is C11H19N3O4S. The highest BCUT2D eigenvalue weighted by Gasteiger charge is 2.28. The van der Waals surface area contributed by atoms with Crippen LogP contribution in [0, 0.1) is 0 Å². The lowest BCUT2D eigenvalue weighted by Crippen LogP contribution is -2.38. The van der Waals surface area contributed by atoms with E-state index in [1.54, 1.807) is 20.9 Å². The Balaban J connectivity index is 3.26. The number of aliphatic hydroxyl groups excluding tert-OH is 1. The number of carbonyl (C=O) groups is 1. The van der Waals surface area contributed by atoms with Crippen molar-refractivity contribution < 1.29 is 18.3 Å². The van der Waals surface area contributed by atoms with Gasteiger partial charge in [0.2, 0.25) is 10.0 Å². The molecule has 0 unspecified atom stereocenters. The third-order valence-electron chi connectivity index (χ3n) is 2.74. The summed E-state index contributed by atoms with van der Waals surface area (Å²) in [5, 5.41) is 8.96. The Hall–Kier alpha value is -1.38. The van der Waals surface area contributed by atoms with Gasteiger partial charge in [0, 0.05) is 25.8 Å². The van der Waals surface area contributed by atoms with Gasteiger partial charge in [-0.05, 0) is 19.9 Å². The van der Waals surface area contributed by atoms with Gasteiger partial charge in [0.1, 0.15) is 10.6 Å². The van der Waals surface area contributed by atoms with Crippen LogP contribution in [0.1, 0.15) is 24.3 Å². The number of aliphatic hydroxyl groups is 1. The molecule has 0 fully saturated rings. The Morgan fingerprint density at radius 2 is 2.11 bits per heavy atom. The maximum absolute atomic E-state index is 12.4. The molecule has 0 bridgehead atoms. The topological polar surface area (TPSA) is 106 Å². The molecule has 1 amide bonds. The van der Waals surface area contributed by atoms with E-state index in [0.717, 1.165) is 0 Å². The van der Waals surface area contributed by atoms with E-state index in [2.05, 4.69) is 0 Å². The largest absolute Gasteiger partial charge is 0.395 e. The number of aromatic nitrogens is 1. The summed E-state index contributed by atoms with van der Waals surface area (Å²) in [6.45, 7) is 3.16. The van der Waals surface area contributed by atoms with Gasteiger partial charge < -0.3 is 15.4 Å². The van der Waals surface area contributed by atoms with Crippen molar-refractivity contribution in [3.63, 3.8) is 0 Å². The second kappa shape index (κ2) is 5.72. The monoisotopic (exact) mass is 289 g/mol. The zero-order valence-electron chi connectivity index (χ0n) is 11.2. The Morgan fingerprint density at radius 3 is 2.47 bits per heavy atom. The van der Waals surface area contributed by atoms with Crippen molar-refractivity contribution in [3.05, 3.63) is 18.0 Å². The Morgan fingerprint density at radius 1 is 1.53 bits per heavy atom. The summed E-state index contributed by atoms with van der Waals surface area (Å²) in [7, 11) is -2.21. The summed E-state index contributed by atoms with van der Waals surface area (Å²) in [6, 6.07) is 0.944. The number of carbonyl (C=O) groups excluding carboxylic acids is 1. The number of amides is 1. The second-order valence-corrected chi connectivity index (χ2v) is 6.36. The van der Waals surface area contributed by atoms with Crippen LogP contribution in [0.5, 0.6) is 0 Å². The SMILES string of the molecule is CC(C)N(CCO)S(=O)(=O)c1cc(C(N)=O)n(C)c1. The van der Waals surface area contributed by atoms with E-state index in [1.807, 2.05) is 0 Å². The lowest BCUT2D eigenvalue weighted by molar-refractivity contribution is 0.0992. The summed E-state index contributed by atoms with van der Waals surface area (Å²) in [6.07, 6.45) is 1.34. The van der Waals surface area contributed by atoms with E-state index in [9.17, 15) is 13.2 Å². The van der Waals surface area contributed by atoms with Crippen LogP contribution < -0.4 is 5.73 Å².